The lowest BCUT2D eigenvalue weighted by atomic mass is 9.99. The fourth-order valence-corrected chi connectivity index (χ4v) is 2.21. The first kappa shape index (κ1) is 13.5. The van der Waals surface area contributed by atoms with Crippen LogP contribution in [0.25, 0.3) is 0 Å². The average Bonchev–Trinajstić information content (AvgIpc) is 2.36. The number of hydrogen-bond acceptors (Lipinski definition) is 3. The van der Waals surface area contributed by atoms with E-state index in [1.54, 1.807) is 0 Å². The first-order chi connectivity index (χ1) is 7.81. The predicted octanol–water partition coefficient (Wildman–Crippen LogP) is 2.00. The monoisotopic (exact) mass is 226 g/mol. The molecular weight excluding hydrogens is 200 g/mol. The third-order valence-electron chi connectivity index (χ3n) is 3.39. The third kappa shape index (κ3) is 4.14. The molecule has 3 nitrogen and oxygen atoms in total. The molecular formula is C13H26N2O. The van der Waals surface area contributed by atoms with Crippen molar-refractivity contribution in [1.82, 2.24) is 10.2 Å². The molecule has 0 amide bonds. The quantitative estimate of drug-likeness (QED) is 0.718. The van der Waals surface area contributed by atoms with Gasteiger partial charge >= 0.3 is 0 Å². The molecule has 0 aliphatic carbocycles. The zero-order valence-corrected chi connectivity index (χ0v) is 11.0. The second kappa shape index (κ2) is 7.69. The van der Waals surface area contributed by atoms with E-state index in [1.807, 2.05) is 13.3 Å². The lowest BCUT2D eigenvalue weighted by Gasteiger charge is -2.26. The first-order valence-corrected chi connectivity index (χ1v) is 6.52. The number of nitrogens with zero attached hydrogens (tertiary/aromatic N) is 1. The predicted molar refractivity (Wildman–Crippen MR) is 68.5 cm³/mol. The first-order valence-electron chi connectivity index (χ1n) is 6.52. The topological polar surface area (TPSA) is 24.5 Å². The van der Waals surface area contributed by atoms with Crippen LogP contribution in [0.4, 0.5) is 0 Å². The van der Waals surface area contributed by atoms with Gasteiger partial charge in [-0.05, 0) is 51.5 Å². The smallest absolute Gasteiger partial charge is 0.0876 e. The summed E-state index contributed by atoms with van der Waals surface area (Å²) >= 11 is 0. The van der Waals surface area contributed by atoms with E-state index >= 15 is 0 Å². The van der Waals surface area contributed by atoms with Gasteiger partial charge in [-0.2, -0.15) is 0 Å². The van der Waals surface area contributed by atoms with E-state index in [2.05, 4.69) is 24.1 Å². The van der Waals surface area contributed by atoms with Gasteiger partial charge in [-0.15, -0.1) is 0 Å². The highest BCUT2D eigenvalue weighted by molar-refractivity contribution is 5.09. The maximum Gasteiger partial charge on any atom is 0.0876 e. The van der Waals surface area contributed by atoms with Crippen LogP contribution in [0.3, 0.4) is 0 Å². The van der Waals surface area contributed by atoms with Gasteiger partial charge in [-0.25, -0.2) is 0 Å². The standard InChI is InChI=1S/C13H26N2O/c1-4-15(5-2)9-8-13(14-3)12-7-6-10-16-11-12/h11,13-14H,4-10H2,1-3H3. The number of likely N-dealkylation sites (N-methyl/N-ethyl adjacent to an activating group) is 1. The van der Waals surface area contributed by atoms with E-state index < -0.39 is 0 Å². The summed E-state index contributed by atoms with van der Waals surface area (Å²) in [6.07, 6.45) is 5.49. The largest absolute Gasteiger partial charge is 0.501 e. The van der Waals surface area contributed by atoms with Crippen molar-refractivity contribution in [2.75, 3.05) is 33.3 Å². The molecule has 0 saturated carbocycles. The maximum absolute atomic E-state index is 5.41. The lowest BCUT2D eigenvalue weighted by Crippen LogP contribution is -2.34. The summed E-state index contributed by atoms with van der Waals surface area (Å²) < 4.78 is 5.41. The Morgan fingerprint density at radius 1 is 1.44 bits per heavy atom. The van der Waals surface area contributed by atoms with Crippen molar-refractivity contribution in [1.29, 1.82) is 0 Å². The van der Waals surface area contributed by atoms with Crippen molar-refractivity contribution in [3.63, 3.8) is 0 Å². The van der Waals surface area contributed by atoms with E-state index in [0.717, 1.165) is 32.7 Å². The van der Waals surface area contributed by atoms with Crippen LogP contribution in [0.1, 0.15) is 33.1 Å². The molecule has 94 valence electrons. The Balaban J connectivity index is 2.38. The maximum atomic E-state index is 5.41. The zero-order chi connectivity index (χ0) is 11.8. The van der Waals surface area contributed by atoms with Crippen molar-refractivity contribution in [3.05, 3.63) is 11.8 Å². The van der Waals surface area contributed by atoms with Crippen molar-refractivity contribution >= 4 is 0 Å². The Morgan fingerprint density at radius 3 is 2.69 bits per heavy atom. The number of nitrogens with one attached hydrogen (secondary N) is 1. The molecule has 1 heterocycles. The Morgan fingerprint density at radius 2 is 2.19 bits per heavy atom. The van der Waals surface area contributed by atoms with E-state index in [-0.39, 0.29) is 0 Å². The highest BCUT2D eigenvalue weighted by atomic mass is 16.5. The molecule has 1 unspecified atom stereocenters. The van der Waals surface area contributed by atoms with Gasteiger partial charge in [0.25, 0.3) is 0 Å². The molecule has 16 heavy (non-hydrogen) atoms. The van der Waals surface area contributed by atoms with Gasteiger partial charge in [0.1, 0.15) is 0 Å². The molecule has 0 spiro atoms. The van der Waals surface area contributed by atoms with Gasteiger partial charge in [0.2, 0.25) is 0 Å². The molecule has 1 atom stereocenters. The highest BCUT2D eigenvalue weighted by Gasteiger charge is 2.15. The van der Waals surface area contributed by atoms with E-state index in [9.17, 15) is 0 Å². The minimum absolute atomic E-state index is 0.487. The second-order valence-electron chi connectivity index (χ2n) is 4.32. The highest BCUT2D eigenvalue weighted by Crippen LogP contribution is 2.17. The second-order valence-corrected chi connectivity index (χ2v) is 4.32. The van der Waals surface area contributed by atoms with E-state index in [4.69, 9.17) is 4.74 Å². The molecule has 0 fully saturated rings. The minimum Gasteiger partial charge on any atom is -0.501 e. The molecule has 0 bridgehead atoms. The molecule has 0 radical (unpaired) electrons. The Kier molecular flexibility index (Phi) is 6.50. The summed E-state index contributed by atoms with van der Waals surface area (Å²) in [7, 11) is 2.04. The normalized spacial score (nSPS) is 18.1. The van der Waals surface area contributed by atoms with Crippen LogP contribution in [0.5, 0.6) is 0 Å². The summed E-state index contributed by atoms with van der Waals surface area (Å²) in [4.78, 5) is 2.47. The van der Waals surface area contributed by atoms with Crippen LogP contribution in [0.15, 0.2) is 11.8 Å². The molecule has 1 rings (SSSR count). The lowest BCUT2D eigenvalue weighted by molar-refractivity contribution is 0.216. The molecule has 1 N–H and O–H groups in total. The van der Waals surface area contributed by atoms with Crippen LogP contribution in [-0.4, -0.2) is 44.2 Å². The van der Waals surface area contributed by atoms with Crippen LogP contribution < -0.4 is 5.32 Å². The van der Waals surface area contributed by atoms with Crippen molar-refractivity contribution in [3.8, 4) is 0 Å². The summed E-state index contributed by atoms with van der Waals surface area (Å²) in [5, 5.41) is 3.40. The van der Waals surface area contributed by atoms with E-state index in [1.165, 1.54) is 18.4 Å². The zero-order valence-electron chi connectivity index (χ0n) is 11.0. The van der Waals surface area contributed by atoms with Gasteiger partial charge in [0, 0.05) is 6.04 Å². The fraction of sp³-hybridized carbons (Fsp3) is 0.846. The van der Waals surface area contributed by atoms with Gasteiger partial charge in [-0.1, -0.05) is 13.8 Å². The molecule has 0 aromatic heterocycles. The Hall–Kier alpha value is -0.540. The van der Waals surface area contributed by atoms with Gasteiger partial charge in [-0.3, -0.25) is 0 Å². The van der Waals surface area contributed by atoms with Gasteiger partial charge in [0.15, 0.2) is 0 Å². The summed E-state index contributed by atoms with van der Waals surface area (Å²) in [6, 6.07) is 0.487. The molecule has 3 heteroatoms. The fourth-order valence-electron chi connectivity index (χ4n) is 2.21. The minimum atomic E-state index is 0.487. The molecule has 0 aromatic carbocycles. The molecule has 0 aromatic rings. The van der Waals surface area contributed by atoms with Gasteiger partial charge in [0.05, 0.1) is 12.9 Å². The summed E-state index contributed by atoms with van der Waals surface area (Å²) in [5.41, 5.74) is 1.43. The van der Waals surface area contributed by atoms with Crippen molar-refractivity contribution in [2.24, 2.45) is 0 Å². The number of rotatable bonds is 7. The Labute approximate surface area is 99.8 Å². The van der Waals surface area contributed by atoms with Crippen LogP contribution in [0.2, 0.25) is 0 Å². The molecule has 1 aliphatic heterocycles. The summed E-state index contributed by atoms with van der Waals surface area (Å²) in [5.74, 6) is 0. The Bertz CT molecular complexity index is 212. The average molecular weight is 226 g/mol. The number of hydrogen-bond donors (Lipinski definition) is 1. The van der Waals surface area contributed by atoms with Crippen LogP contribution >= 0.6 is 0 Å². The van der Waals surface area contributed by atoms with Gasteiger partial charge < -0.3 is 15.0 Å². The number of ether oxygens (including phenoxy) is 1. The molecule has 1 aliphatic rings. The van der Waals surface area contributed by atoms with E-state index in [0.29, 0.717) is 6.04 Å². The van der Waals surface area contributed by atoms with Crippen LogP contribution in [-0.2, 0) is 4.74 Å². The van der Waals surface area contributed by atoms with Crippen LogP contribution in [0, 0.1) is 0 Å². The van der Waals surface area contributed by atoms with Crippen molar-refractivity contribution in [2.45, 2.75) is 39.2 Å². The third-order valence-corrected chi connectivity index (χ3v) is 3.39. The summed E-state index contributed by atoms with van der Waals surface area (Å²) in [6.45, 7) is 8.78. The SMILES string of the molecule is CCN(CC)CCC(NC)C1=COCCC1. The molecule has 0 saturated heterocycles. The van der Waals surface area contributed by atoms with Crippen molar-refractivity contribution < 1.29 is 4.74 Å².